The van der Waals surface area contributed by atoms with Crippen molar-refractivity contribution in [1.29, 1.82) is 0 Å². The van der Waals surface area contributed by atoms with Crippen LogP contribution in [0.2, 0.25) is 5.02 Å². The highest BCUT2D eigenvalue weighted by atomic mass is 35.5. The standard InChI is InChI=1S/C15H9ClF3NO3S/c16-9-5-7-10(8-6-9)20-12-4-2-1-3-11(12)13(14(20)21)24(22,23)15(17,18)19/h1-8,21H. The number of aromatic hydroxyl groups is 1. The third kappa shape index (κ3) is 2.42. The normalized spacial score (nSPS) is 12.7. The summed E-state index contributed by atoms with van der Waals surface area (Å²) in [6.45, 7) is 0. The van der Waals surface area contributed by atoms with Gasteiger partial charge in [-0.2, -0.15) is 13.2 Å². The van der Waals surface area contributed by atoms with E-state index in [2.05, 4.69) is 0 Å². The minimum atomic E-state index is -5.73. The number of benzene rings is 2. The molecule has 0 bridgehead atoms. The Morgan fingerprint density at radius 1 is 1.00 bits per heavy atom. The van der Waals surface area contributed by atoms with E-state index in [1.165, 1.54) is 48.5 Å². The molecule has 0 aliphatic heterocycles. The van der Waals surface area contributed by atoms with Crippen LogP contribution >= 0.6 is 11.6 Å². The van der Waals surface area contributed by atoms with E-state index < -0.39 is 26.1 Å². The lowest BCUT2D eigenvalue weighted by molar-refractivity contribution is -0.0436. The molecule has 3 rings (SSSR count). The summed E-state index contributed by atoms with van der Waals surface area (Å²) >= 11 is 5.78. The fourth-order valence-corrected chi connectivity index (χ4v) is 3.58. The van der Waals surface area contributed by atoms with Crippen molar-refractivity contribution in [2.75, 3.05) is 0 Å². The summed E-state index contributed by atoms with van der Waals surface area (Å²) in [5.41, 5.74) is -5.13. The molecule has 24 heavy (non-hydrogen) atoms. The van der Waals surface area contributed by atoms with Gasteiger partial charge in [0.25, 0.3) is 9.84 Å². The molecule has 1 heterocycles. The van der Waals surface area contributed by atoms with Crippen molar-refractivity contribution in [3.05, 3.63) is 53.6 Å². The van der Waals surface area contributed by atoms with E-state index in [0.717, 1.165) is 4.57 Å². The molecule has 0 saturated carbocycles. The Morgan fingerprint density at radius 3 is 2.17 bits per heavy atom. The molecule has 2 aromatic carbocycles. The molecule has 1 aromatic heterocycles. The molecule has 4 nitrogen and oxygen atoms in total. The highest BCUT2D eigenvalue weighted by molar-refractivity contribution is 7.92. The van der Waals surface area contributed by atoms with Crippen molar-refractivity contribution in [2.24, 2.45) is 0 Å². The Hall–Kier alpha value is -2.19. The second-order valence-corrected chi connectivity index (χ2v) is 7.25. The van der Waals surface area contributed by atoms with Crippen molar-refractivity contribution in [3.8, 4) is 11.6 Å². The molecule has 126 valence electrons. The van der Waals surface area contributed by atoms with Crippen LogP contribution in [-0.2, 0) is 9.84 Å². The van der Waals surface area contributed by atoms with Gasteiger partial charge >= 0.3 is 5.51 Å². The first-order valence-electron chi connectivity index (χ1n) is 6.54. The van der Waals surface area contributed by atoms with Crippen LogP contribution < -0.4 is 0 Å². The lowest BCUT2D eigenvalue weighted by Gasteiger charge is -2.09. The molecule has 0 aliphatic rings. The van der Waals surface area contributed by atoms with Gasteiger partial charge in [0.1, 0.15) is 4.90 Å². The van der Waals surface area contributed by atoms with E-state index in [9.17, 15) is 26.7 Å². The number of para-hydroxylation sites is 1. The third-order valence-electron chi connectivity index (χ3n) is 3.46. The first kappa shape index (κ1) is 16.7. The Labute approximate surface area is 139 Å². The number of hydrogen-bond acceptors (Lipinski definition) is 3. The number of halogens is 4. The maximum atomic E-state index is 13.0. The van der Waals surface area contributed by atoms with Crippen LogP contribution in [0.3, 0.4) is 0 Å². The molecule has 0 unspecified atom stereocenters. The van der Waals surface area contributed by atoms with Gasteiger partial charge in [-0.05, 0) is 30.3 Å². The number of nitrogens with zero attached hydrogens (tertiary/aromatic N) is 1. The van der Waals surface area contributed by atoms with Gasteiger partial charge in [0.2, 0.25) is 5.88 Å². The van der Waals surface area contributed by atoms with Gasteiger partial charge in [0.15, 0.2) is 0 Å². The third-order valence-corrected chi connectivity index (χ3v) is 5.26. The van der Waals surface area contributed by atoms with Crippen molar-refractivity contribution in [2.45, 2.75) is 10.4 Å². The van der Waals surface area contributed by atoms with E-state index in [-0.39, 0.29) is 16.6 Å². The molecule has 0 aliphatic carbocycles. The van der Waals surface area contributed by atoms with Crippen molar-refractivity contribution in [1.82, 2.24) is 4.57 Å². The molecular weight excluding hydrogens is 367 g/mol. The first-order chi connectivity index (χ1) is 11.1. The fourth-order valence-electron chi connectivity index (χ4n) is 2.43. The van der Waals surface area contributed by atoms with Crippen molar-refractivity contribution >= 4 is 32.3 Å². The van der Waals surface area contributed by atoms with Gasteiger partial charge in [0.05, 0.1) is 5.52 Å². The Kier molecular flexibility index (Phi) is 3.76. The van der Waals surface area contributed by atoms with E-state index in [0.29, 0.717) is 5.02 Å². The molecule has 0 amide bonds. The molecule has 0 radical (unpaired) electrons. The minimum absolute atomic E-state index is 0.125. The lowest BCUT2D eigenvalue weighted by atomic mass is 10.2. The summed E-state index contributed by atoms with van der Waals surface area (Å²) in [6, 6.07) is 11.4. The van der Waals surface area contributed by atoms with Gasteiger partial charge in [0, 0.05) is 16.1 Å². The summed E-state index contributed by atoms with van der Waals surface area (Å²) in [4.78, 5) is -1.17. The van der Waals surface area contributed by atoms with Crippen LogP contribution in [0.15, 0.2) is 53.4 Å². The van der Waals surface area contributed by atoms with E-state index in [1.54, 1.807) is 0 Å². The molecule has 0 atom stereocenters. The van der Waals surface area contributed by atoms with Crippen LogP contribution in [0.25, 0.3) is 16.6 Å². The second kappa shape index (κ2) is 5.42. The molecule has 0 saturated heterocycles. The highest BCUT2D eigenvalue weighted by Gasteiger charge is 2.50. The molecular formula is C15H9ClF3NO3S. The zero-order valence-corrected chi connectivity index (χ0v) is 13.3. The van der Waals surface area contributed by atoms with Crippen LogP contribution in [0.5, 0.6) is 5.88 Å². The molecule has 1 N–H and O–H groups in total. The van der Waals surface area contributed by atoms with E-state index in [1.807, 2.05) is 0 Å². The maximum absolute atomic E-state index is 13.0. The topological polar surface area (TPSA) is 59.3 Å². The number of hydrogen-bond donors (Lipinski definition) is 1. The number of sulfone groups is 1. The van der Waals surface area contributed by atoms with Gasteiger partial charge in [-0.3, -0.25) is 4.57 Å². The average molecular weight is 376 g/mol. The molecule has 9 heteroatoms. The van der Waals surface area contributed by atoms with Gasteiger partial charge in [-0.15, -0.1) is 0 Å². The zero-order valence-electron chi connectivity index (χ0n) is 11.7. The SMILES string of the molecule is O=S(=O)(c1c(O)n(-c2ccc(Cl)cc2)c2ccccc12)C(F)(F)F. The van der Waals surface area contributed by atoms with E-state index in [4.69, 9.17) is 11.6 Å². The number of alkyl halides is 3. The van der Waals surface area contributed by atoms with Gasteiger partial charge in [-0.1, -0.05) is 29.8 Å². The summed E-state index contributed by atoms with van der Waals surface area (Å²) in [6.07, 6.45) is 0. The number of aromatic nitrogens is 1. The van der Waals surface area contributed by atoms with Crippen LogP contribution in [0.4, 0.5) is 13.2 Å². The molecule has 0 spiro atoms. The smallest absolute Gasteiger partial charge is 0.493 e. The number of rotatable bonds is 2. The highest BCUT2D eigenvalue weighted by Crippen LogP contribution is 2.43. The molecule has 3 aromatic rings. The summed E-state index contributed by atoms with van der Waals surface area (Å²) < 4.78 is 63.7. The Morgan fingerprint density at radius 2 is 1.58 bits per heavy atom. The monoisotopic (exact) mass is 375 g/mol. The Bertz CT molecular complexity index is 1020. The Balaban J connectivity index is 2.42. The van der Waals surface area contributed by atoms with Crippen molar-refractivity contribution in [3.63, 3.8) is 0 Å². The van der Waals surface area contributed by atoms with Crippen LogP contribution in [-0.4, -0.2) is 23.6 Å². The second-order valence-electron chi connectivity index (χ2n) is 4.93. The zero-order chi connectivity index (χ0) is 17.7. The first-order valence-corrected chi connectivity index (χ1v) is 8.40. The van der Waals surface area contributed by atoms with Crippen molar-refractivity contribution < 1.29 is 26.7 Å². The number of fused-ring (bicyclic) bond motifs is 1. The molecule has 0 fully saturated rings. The van der Waals surface area contributed by atoms with E-state index >= 15 is 0 Å². The minimum Gasteiger partial charge on any atom is -0.493 e. The fraction of sp³-hybridized carbons (Fsp3) is 0.0667. The summed E-state index contributed by atoms with van der Waals surface area (Å²) in [5.74, 6) is -1.00. The van der Waals surface area contributed by atoms with Crippen LogP contribution in [0.1, 0.15) is 0 Å². The predicted octanol–water partition coefficient (Wildman–Crippen LogP) is 4.28. The van der Waals surface area contributed by atoms with Gasteiger partial charge < -0.3 is 5.11 Å². The summed E-state index contributed by atoms with van der Waals surface area (Å²) in [5, 5.41) is 10.5. The van der Waals surface area contributed by atoms with Gasteiger partial charge in [-0.25, -0.2) is 8.42 Å². The largest absolute Gasteiger partial charge is 0.502 e. The lowest BCUT2D eigenvalue weighted by Crippen LogP contribution is -2.23. The van der Waals surface area contributed by atoms with Crippen LogP contribution in [0, 0.1) is 0 Å². The quantitative estimate of drug-likeness (QED) is 0.727. The maximum Gasteiger partial charge on any atom is 0.502 e. The average Bonchev–Trinajstić information content (AvgIpc) is 2.79. The summed E-state index contributed by atoms with van der Waals surface area (Å²) in [7, 11) is -5.73. The predicted molar refractivity (Wildman–Crippen MR) is 83.2 cm³/mol.